The van der Waals surface area contributed by atoms with Crippen molar-refractivity contribution in [3.63, 3.8) is 0 Å². The molecule has 0 saturated heterocycles. The fourth-order valence-electron chi connectivity index (χ4n) is 0.468. The summed E-state index contributed by atoms with van der Waals surface area (Å²) in [4.78, 5) is 3.80. The third-order valence-electron chi connectivity index (χ3n) is 0.981. The molecular weight excluding hydrogens is 90.1 g/mol. The van der Waals surface area contributed by atoms with E-state index in [1.165, 1.54) is 0 Å². The van der Waals surface area contributed by atoms with Crippen LogP contribution in [0.4, 0.5) is 0 Å². The summed E-state index contributed by atoms with van der Waals surface area (Å²) < 4.78 is 0. The first kappa shape index (κ1) is 4.37. The fraction of sp³-hybridized carbons (Fsp3) is 0.400. The lowest BCUT2D eigenvalue weighted by Crippen LogP contribution is -1.81. The van der Waals surface area contributed by atoms with Gasteiger partial charge in [0.2, 0.25) is 0 Å². The molecule has 0 fully saturated rings. The molecule has 1 rings (SSSR count). The van der Waals surface area contributed by atoms with Crippen molar-refractivity contribution in [1.29, 1.82) is 0 Å². The van der Waals surface area contributed by atoms with Gasteiger partial charge in [-0.15, -0.1) is 0 Å². The lowest BCUT2D eigenvalue weighted by Gasteiger charge is -1.84. The third kappa shape index (κ3) is 0.633. The van der Waals surface area contributed by atoms with Crippen LogP contribution in [0.2, 0.25) is 0 Å². The highest BCUT2D eigenvalue weighted by molar-refractivity contribution is 5.80. The Labute approximate surface area is 42.2 Å². The molecule has 0 saturated carbocycles. The second kappa shape index (κ2) is 1.37. The number of aliphatic imine (C=N–C) groups is 1. The number of rotatable bonds is 0. The van der Waals surface area contributed by atoms with Crippen molar-refractivity contribution in [2.45, 2.75) is 6.92 Å². The van der Waals surface area contributed by atoms with Crippen LogP contribution in [-0.4, -0.2) is 17.9 Å². The molecule has 2 nitrogen and oxygen atoms in total. The zero-order chi connectivity index (χ0) is 5.28. The molecule has 0 amide bonds. The summed E-state index contributed by atoms with van der Waals surface area (Å²) in [5, 5.41) is 8.75. The van der Waals surface area contributed by atoms with E-state index in [1.54, 1.807) is 6.21 Å². The first-order valence-corrected chi connectivity index (χ1v) is 2.19. The molecule has 7 heavy (non-hydrogen) atoms. The van der Waals surface area contributed by atoms with E-state index in [0.29, 0.717) is 12.3 Å². The van der Waals surface area contributed by atoms with Crippen LogP contribution in [0.15, 0.2) is 16.3 Å². The number of aliphatic hydroxyl groups is 1. The van der Waals surface area contributed by atoms with Crippen LogP contribution in [-0.2, 0) is 0 Å². The van der Waals surface area contributed by atoms with E-state index >= 15 is 0 Å². The normalized spacial score (nSPS) is 19.0. The van der Waals surface area contributed by atoms with Gasteiger partial charge in [0.15, 0.2) is 0 Å². The first-order chi connectivity index (χ1) is 3.30. The minimum atomic E-state index is 0.403. The first-order valence-electron chi connectivity index (χ1n) is 2.19. The van der Waals surface area contributed by atoms with Gasteiger partial charge < -0.3 is 5.11 Å². The van der Waals surface area contributed by atoms with Gasteiger partial charge in [-0.25, -0.2) is 0 Å². The van der Waals surface area contributed by atoms with Gasteiger partial charge in [-0.2, -0.15) is 0 Å². The summed E-state index contributed by atoms with van der Waals surface area (Å²) in [6, 6.07) is 0. The lowest BCUT2D eigenvalue weighted by atomic mass is 10.3. The summed E-state index contributed by atoms with van der Waals surface area (Å²) in [6.45, 7) is 2.32. The molecule has 38 valence electrons. The smallest absolute Gasteiger partial charge is 0.118 e. The zero-order valence-corrected chi connectivity index (χ0v) is 4.18. The maximum atomic E-state index is 8.75. The second-order valence-corrected chi connectivity index (χ2v) is 1.60. The maximum absolute atomic E-state index is 8.75. The molecule has 0 spiro atoms. The fourth-order valence-corrected chi connectivity index (χ4v) is 0.468. The van der Waals surface area contributed by atoms with Crippen LogP contribution in [0.1, 0.15) is 6.92 Å². The van der Waals surface area contributed by atoms with E-state index in [2.05, 4.69) is 4.99 Å². The summed E-state index contributed by atoms with van der Waals surface area (Å²) in [6.07, 6.45) is 1.68. The topological polar surface area (TPSA) is 32.6 Å². The molecule has 0 aliphatic carbocycles. The molecule has 0 unspecified atom stereocenters. The Morgan fingerprint density at radius 1 is 1.86 bits per heavy atom. The van der Waals surface area contributed by atoms with Gasteiger partial charge in [0.1, 0.15) is 5.76 Å². The predicted octanol–water partition coefficient (Wildman–Crippen LogP) is 0.903. The number of hydrogen-bond acceptors (Lipinski definition) is 2. The zero-order valence-electron chi connectivity index (χ0n) is 4.18. The van der Waals surface area contributed by atoms with Crippen LogP contribution in [0.5, 0.6) is 0 Å². The summed E-state index contributed by atoms with van der Waals surface area (Å²) in [5.41, 5.74) is 0.889. The van der Waals surface area contributed by atoms with E-state index < -0.39 is 0 Å². The minimum absolute atomic E-state index is 0.403. The molecule has 1 aliphatic rings. The molecule has 0 aromatic rings. The highest BCUT2D eigenvalue weighted by Gasteiger charge is 2.00. The Hall–Kier alpha value is -0.790. The second-order valence-electron chi connectivity index (χ2n) is 1.60. The predicted molar refractivity (Wildman–Crippen MR) is 28.7 cm³/mol. The summed E-state index contributed by atoms with van der Waals surface area (Å²) in [7, 11) is 0. The number of nitrogens with zero attached hydrogens (tertiary/aromatic N) is 1. The van der Waals surface area contributed by atoms with Crippen molar-refractivity contribution in [3.05, 3.63) is 11.3 Å². The number of hydrogen-bond donors (Lipinski definition) is 1. The van der Waals surface area contributed by atoms with Crippen molar-refractivity contribution in [3.8, 4) is 0 Å². The highest BCUT2D eigenvalue weighted by atomic mass is 16.3. The molecular formula is C5H7NO. The van der Waals surface area contributed by atoms with E-state index in [-0.39, 0.29) is 0 Å². The Kier molecular flexibility index (Phi) is 0.855. The molecule has 0 aromatic carbocycles. The van der Waals surface area contributed by atoms with Gasteiger partial charge in [-0.1, -0.05) is 0 Å². The standard InChI is InChI=1S/C5H7NO/c1-4-2-6-3-5(4)7/h2,7H,3H2,1H3. The van der Waals surface area contributed by atoms with E-state index in [9.17, 15) is 0 Å². The molecule has 1 heterocycles. The van der Waals surface area contributed by atoms with Crippen LogP contribution in [0.3, 0.4) is 0 Å². The molecule has 0 radical (unpaired) electrons. The van der Waals surface area contributed by atoms with Gasteiger partial charge in [0.05, 0.1) is 6.54 Å². The quantitative estimate of drug-likeness (QED) is 0.478. The van der Waals surface area contributed by atoms with Crippen LogP contribution >= 0.6 is 0 Å². The molecule has 2 heteroatoms. The molecule has 0 atom stereocenters. The van der Waals surface area contributed by atoms with Gasteiger partial charge in [0.25, 0.3) is 0 Å². The van der Waals surface area contributed by atoms with Crippen molar-refractivity contribution < 1.29 is 5.11 Å². The average Bonchev–Trinajstić information content (AvgIpc) is 1.91. The Morgan fingerprint density at radius 3 is 2.71 bits per heavy atom. The lowest BCUT2D eigenvalue weighted by molar-refractivity contribution is 0.404. The molecule has 0 aromatic heterocycles. The molecule has 0 bridgehead atoms. The highest BCUT2D eigenvalue weighted by Crippen LogP contribution is 2.03. The average molecular weight is 97.1 g/mol. The Morgan fingerprint density at radius 2 is 2.57 bits per heavy atom. The van der Waals surface area contributed by atoms with Gasteiger partial charge >= 0.3 is 0 Å². The van der Waals surface area contributed by atoms with E-state index in [0.717, 1.165) is 5.57 Å². The van der Waals surface area contributed by atoms with E-state index in [4.69, 9.17) is 5.11 Å². The largest absolute Gasteiger partial charge is 0.510 e. The summed E-state index contributed by atoms with van der Waals surface area (Å²) in [5.74, 6) is 0.403. The maximum Gasteiger partial charge on any atom is 0.118 e. The summed E-state index contributed by atoms with van der Waals surface area (Å²) >= 11 is 0. The monoisotopic (exact) mass is 97.1 g/mol. The van der Waals surface area contributed by atoms with Crippen molar-refractivity contribution in [2.75, 3.05) is 6.54 Å². The van der Waals surface area contributed by atoms with Crippen LogP contribution in [0.25, 0.3) is 0 Å². The van der Waals surface area contributed by atoms with E-state index in [1.807, 2.05) is 6.92 Å². The Balaban J connectivity index is 2.79. The number of aliphatic hydroxyl groups excluding tert-OH is 1. The Bertz CT molecular complexity index is 135. The third-order valence-corrected chi connectivity index (χ3v) is 0.981. The molecule has 1 N–H and O–H groups in total. The van der Waals surface area contributed by atoms with Gasteiger partial charge in [-0.05, 0) is 6.92 Å². The number of allylic oxidation sites excluding steroid dienone is 1. The van der Waals surface area contributed by atoms with Crippen molar-refractivity contribution in [1.82, 2.24) is 0 Å². The van der Waals surface area contributed by atoms with Crippen molar-refractivity contribution >= 4 is 6.21 Å². The minimum Gasteiger partial charge on any atom is -0.510 e. The SMILES string of the molecule is CC1=C(O)CN=C1. The van der Waals surface area contributed by atoms with Gasteiger partial charge in [-0.3, -0.25) is 4.99 Å². The van der Waals surface area contributed by atoms with Crippen LogP contribution in [0, 0.1) is 0 Å². The van der Waals surface area contributed by atoms with Crippen LogP contribution < -0.4 is 0 Å². The van der Waals surface area contributed by atoms with Crippen molar-refractivity contribution in [2.24, 2.45) is 4.99 Å². The van der Waals surface area contributed by atoms with Gasteiger partial charge in [0, 0.05) is 11.8 Å². The molecule has 1 aliphatic heterocycles.